The molecule has 0 saturated carbocycles. The predicted molar refractivity (Wildman–Crippen MR) is 49.6 cm³/mol. The Morgan fingerprint density at radius 3 is 2.92 bits per heavy atom. The number of rotatable bonds is 3. The van der Waals surface area contributed by atoms with Crippen molar-refractivity contribution in [3.05, 3.63) is 35.9 Å². The molecule has 0 aliphatic carbocycles. The Bertz CT molecular complexity index is 323. The number of halogens is 1. The molecule has 70 valence electrons. The molecule has 0 saturated heterocycles. The second kappa shape index (κ2) is 4.03. The lowest BCUT2D eigenvalue weighted by Crippen LogP contribution is -1.95. The quantitative estimate of drug-likeness (QED) is 0.668. The molecular formula is C10H12FNO. The van der Waals surface area contributed by atoms with Crippen LogP contribution in [0.25, 0.3) is 5.76 Å². The second-order valence-electron chi connectivity index (χ2n) is 2.67. The summed E-state index contributed by atoms with van der Waals surface area (Å²) in [5.41, 5.74) is 1.13. The molecule has 0 fully saturated rings. The molecule has 2 nitrogen and oxygen atoms in total. The Kier molecular flexibility index (Phi) is 3.01. The Labute approximate surface area is 77.1 Å². The van der Waals surface area contributed by atoms with Crippen molar-refractivity contribution in [2.24, 2.45) is 0 Å². The number of hydrogen-bond donors (Lipinski definition) is 0. The molecule has 13 heavy (non-hydrogen) atoms. The largest absolute Gasteiger partial charge is 0.492 e. The molecule has 0 unspecified atom stereocenters. The number of nitrogens with zero attached hydrogens (tertiary/aromatic N) is 1. The van der Waals surface area contributed by atoms with Gasteiger partial charge in [0.05, 0.1) is 12.8 Å². The zero-order valence-corrected chi connectivity index (χ0v) is 7.80. The van der Waals surface area contributed by atoms with E-state index in [9.17, 15) is 4.39 Å². The molecule has 0 atom stereocenters. The number of pyridine rings is 1. The first kappa shape index (κ1) is 9.71. The fourth-order valence-electron chi connectivity index (χ4n) is 0.940. The van der Waals surface area contributed by atoms with E-state index in [4.69, 9.17) is 4.74 Å². The van der Waals surface area contributed by atoms with Crippen LogP contribution in [0, 0.1) is 12.7 Å². The Morgan fingerprint density at radius 2 is 2.38 bits per heavy atom. The van der Waals surface area contributed by atoms with Gasteiger partial charge in [0, 0.05) is 0 Å². The maximum Gasteiger partial charge on any atom is 0.144 e. The number of ether oxygens (including phenoxy) is 1. The van der Waals surface area contributed by atoms with E-state index in [2.05, 4.69) is 11.6 Å². The highest BCUT2D eigenvalue weighted by Gasteiger charge is 2.03. The molecular weight excluding hydrogens is 169 g/mol. The molecule has 1 rings (SSSR count). The van der Waals surface area contributed by atoms with E-state index in [1.807, 2.05) is 6.92 Å². The van der Waals surface area contributed by atoms with Crippen LogP contribution < -0.4 is 0 Å². The van der Waals surface area contributed by atoms with E-state index in [-0.39, 0.29) is 5.82 Å². The molecule has 0 spiro atoms. The molecule has 1 aromatic heterocycles. The van der Waals surface area contributed by atoms with Gasteiger partial charge in [-0.15, -0.1) is 0 Å². The second-order valence-corrected chi connectivity index (χ2v) is 2.67. The molecule has 1 heterocycles. The highest BCUT2D eigenvalue weighted by atomic mass is 19.1. The van der Waals surface area contributed by atoms with Crippen LogP contribution in [-0.4, -0.2) is 11.6 Å². The van der Waals surface area contributed by atoms with Crippen molar-refractivity contribution >= 4 is 5.76 Å². The van der Waals surface area contributed by atoms with Crippen molar-refractivity contribution in [2.45, 2.75) is 13.8 Å². The smallest absolute Gasteiger partial charge is 0.144 e. The van der Waals surface area contributed by atoms with Crippen molar-refractivity contribution in [2.75, 3.05) is 6.61 Å². The minimum atomic E-state index is -0.312. The van der Waals surface area contributed by atoms with Gasteiger partial charge in [0.25, 0.3) is 0 Å². The lowest BCUT2D eigenvalue weighted by molar-refractivity contribution is 0.297. The summed E-state index contributed by atoms with van der Waals surface area (Å²) in [6.45, 7) is 7.76. The van der Waals surface area contributed by atoms with Gasteiger partial charge in [-0.3, -0.25) is 0 Å². The fraction of sp³-hybridized carbons (Fsp3) is 0.300. The van der Waals surface area contributed by atoms with E-state index in [1.54, 1.807) is 13.0 Å². The topological polar surface area (TPSA) is 22.1 Å². The third-order valence-corrected chi connectivity index (χ3v) is 1.65. The summed E-state index contributed by atoms with van der Waals surface area (Å²) in [4.78, 5) is 3.86. The van der Waals surface area contributed by atoms with Crippen molar-refractivity contribution in [1.82, 2.24) is 4.98 Å². The lowest BCUT2D eigenvalue weighted by Gasteiger charge is -2.06. The average molecular weight is 181 g/mol. The molecule has 0 amide bonds. The minimum absolute atomic E-state index is 0.312. The Hall–Kier alpha value is -1.38. The monoisotopic (exact) mass is 181 g/mol. The van der Waals surface area contributed by atoms with Crippen molar-refractivity contribution < 1.29 is 9.13 Å². The van der Waals surface area contributed by atoms with Crippen LogP contribution in [0.15, 0.2) is 18.8 Å². The van der Waals surface area contributed by atoms with Gasteiger partial charge in [-0.2, -0.15) is 0 Å². The predicted octanol–water partition coefficient (Wildman–Crippen LogP) is 2.54. The van der Waals surface area contributed by atoms with Crippen molar-refractivity contribution in [3.63, 3.8) is 0 Å². The minimum Gasteiger partial charge on any atom is -0.492 e. The van der Waals surface area contributed by atoms with Crippen LogP contribution in [0.4, 0.5) is 4.39 Å². The van der Waals surface area contributed by atoms with Crippen LogP contribution in [0.5, 0.6) is 0 Å². The molecule has 3 heteroatoms. The van der Waals surface area contributed by atoms with Crippen LogP contribution in [0.3, 0.4) is 0 Å². The summed E-state index contributed by atoms with van der Waals surface area (Å²) in [6, 6.07) is 1.62. The number of hydrogen-bond acceptors (Lipinski definition) is 2. The van der Waals surface area contributed by atoms with Crippen molar-refractivity contribution in [1.29, 1.82) is 0 Å². The maximum atomic E-state index is 12.8. The van der Waals surface area contributed by atoms with Crippen molar-refractivity contribution in [3.8, 4) is 0 Å². The van der Waals surface area contributed by atoms with Crippen LogP contribution in [-0.2, 0) is 4.74 Å². The number of aryl methyl sites for hydroxylation is 1. The molecule has 0 N–H and O–H groups in total. The third-order valence-electron chi connectivity index (χ3n) is 1.65. The van der Waals surface area contributed by atoms with E-state index >= 15 is 0 Å². The van der Waals surface area contributed by atoms with Crippen LogP contribution in [0.2, 0.25) is 0 Å². The first-order chi connectivity index (χ1) is 6.15. The van der Waals surface area contributed by atoms with E-state index < -0.39 is 0 Å². The van der Waals surface area contributed by atoms with E-state index in [1.165, 1.54) is 6.20 Å². The van der Waals surface area contributed by atoms with Crippen LogP contribution >= 0.6 is 0 Å². The molecule has 0 aliphatic rings. The summed E-state index contributed by atoms with van der Waals surface area (Å²) >= 11 is 0. The third kappa shape index (κ3) is 2.28. The van der Waals surface area contributed by atoms with Gasteiger partial charge in [-0.05, 0) is 25.5 Å². The van der Waals surface area contributed by atoms with Gasteiger partial charge >= 0.3 is 0 Å². The fourth-order valence-corrected chi connectivity index (χ4v) is 0.940. The highest BCUT2D eigenvalue weighted by Crippen LogP contribution is 2.13. The summed E-state index contributed by atoms with van der Waals surface area (Å²) in [5, 5.41) is 0. The standard InChI is InChI=1S/C10H12FNO/c1-4-13-8(3)10-5-7(2)9(11)6-12-10/h5-6H,3-4H2,1-2H3. The maximum absolute atomic E-state index is 12.8. The molecule has 0 radical (unpaired) electrons. The summed E-state index contributed by atoms with van der Waals surface area (Å²) < 4.78 is 18.0. The lowest BCUT2D eigenvalue weighted by atomic mass is 10.2. The van der Waals surface area contributed by atoms with Gasteiger partial charge in [0.2, 0.25) is 0 Å². The molecule has 0 bridgehead atoms. The van der Waals surface area contributed by atoms with Gasteiger partial charge in [0.1, 0.15) is 17.3 Å². The van der Waals surface area contributed by atoms with Crippen LogP contribution in [0.1, 0.15) is 18.2 Å². The number of aromatic nitrogens is 1. The molecule has 0 aliphatic heterocycles. The zero-order chi connectivity index (χ0) is 9.84. The zero-order valence-electron chi connectivity index (χ0n) is 7.80. The summed E-state index contributed by atoms with van der Waals surface area (Å²) in [7, 11) is 0. The highest BCUT2D eigenvalue weighted by molar-refractivity contribution is 5.53. The summed E-state index contributed by atoms with van der Waals surface area (Å²) in [6.07, 6.45) is 1.18. The molecule has 1 aromatic rings. The van der Waals surface area contributed by atoms with Gasteiger partial charge in [-0.1, -0.05) is 6.58 Å². The van der Waals surface area contributed by atoms with E-state index in [0.29, 0.717) is 23.6 Å². The first-order valence-electron chi connectivity index (χ1n) is 4.09. The Balaban J connectivity index is 2.90. The normalized spacial score (nSPS) is 9.77. The SMILES string of the molecule is C=C(OCC)c1cc(C)c(F)cn1. The molecule has 0 aromatic carbocycles. The van der Waals surface area contributed by atoms with E-state index in [0.717, 1.165) is 0 Å². The van der Waals surface area contributed by atoms with Gasteiger partial charge in [-0.25, -0.2) is 9.37 Å². The average Bonchev–Trinajstić information content (AvgIpc) is 2.10. The van der Waals surface area contributed by atoms with Gasteiger partial charge < -0.3 is 4.74 Å². The summed E-state index contributed by atoms with van der Waals surface area (Å²) in [5.74, 6) is 0.165. The Morgan fingerprint density at radius 1 is 1.69 bits per heavy atom. The van der Waals surface area contributed by atoms with Gasteiger partial charge in [0.15, 0.2) is 0 Å². The first-order valence-corrected chi connectivity index (χ1v) is 4.09.